The van der Waals surface area contributed by atoms with Crippen molar-refractivity contribution < 1.29 is 27.6 Å². The number of rotatable bonds is 6. The number of hydrogen-bond donors (Lipinski definition) is 4. The summed E-state index contributed by atoms with van der Waals surface area (Å²) in [5.41, 5.74) is 9.39. The zero-order chi connectivity index (χ0) is 28.4. The van der Waals surface area contributed by atoms with Crippen LogP contribution in [0, 0.1) is 0 Å². The molecule has 0 atom stereocenters. The number of carbonyl (C=O) groups is 3. The SMILES string of the molecule is NC(=O)Cc1cccc(-c2ccc(C(F)(F)F)cc2NC(=O)Nc2ccc(-c3cccc4c3CNC4=O)cc2)c1. The second-order valence-electron chi connectivity index (χ2n) is 9.27. The van der Waals surface area contributed by atoms with Gasteiger partial charge >= 0.3 is 12.2 Å². The normalized spacial score (nSPS) is 12.4. The summed E-state index contributed by atoms with van der Waals surface area (Å²) in [5, 5.41) is 7.97. The Morgan fingerprint density at radius 1 is 0.825 bits per heavy atom. The monoisotopic (exact) mass is 544 g/mol. The van der Waals surface area contributed by atoms with Gasteiger partial charge in [-0.2, -0.15) is 13.2 Å². The van der Waals surface area contributed by atoms with E-state index in [1.54, 1.807) is 60.7 Å². The molecule has 0 saturated carbocycles. The van der Waals surface area contributed by atoms with Gasteiger partial charge in [0.15, 0.2) is 0 Å². The number of hydrogen-bond acceptors (Lipinski definition) is 3. The first kappa shape index (κ1) is 26.5. The van der Waals surface area contributed by atoms with Gasteiger partial charge in [-0.25, -0.2) is 4.79 Å². The Morgan fingerprint density at radius 3 is 2.27 bits per heavy atom. The van der Waals surface area contributed by atoms with Gasteiger partial charge in [-0.05, 0) is 58.1 Å². The molecule has 0 saturated heterocycles. The molecular formula is C30H23F3N4O3. The lowest BCUT2D eigenvalue weighted by Crippen LogP contribution is -2.20. The van der Waals surface area contributed by atoms with Crippen molar-refractivity contribution in [1.82, 2.24) is 5.32 Å². The highest BCUT2D eigenvalue weighted by atomic mass is 19.4. The predicted molar refractivity (Wildman–Crippen MR) is 145 cm³/mol. The van der Waals surface area contributed by atoms with Gasteiger partial charge in [0.2, 0.25) is 5.91 Å². The maximum absolute atomic E-state index is 13.5. The highest BCUT2D eigenvalue weighted by molar-refractivity contribution is 6.03. The van der Waals surface area contributed by atoms with Crippen molar-refractivity contribution in [1.29, 1.82) is 0 Å². The molecule has 0 spiro atoms. The van der Waals surface area contributed by atoms with Gasteiger partial charge < -0.3 is 21.7 Å². The van der Waals surface area contributed by atoms with Gasteiger partial charge in [0.25, 0.3) is 5.91 Å². The molecular weight excluding hydrogens is 521 g/mol. The van der Waals surface area contributed by atoms with E-state index in [9.17, 15) is 27.6 Å². The van der Waals surface area contributed by atoms with Crippen LogP contribution in [0.4, 0.5) is 29.3 Å². The summed E-state index contributed by atoms with van der Waals surface area (Å²) in [6.07, 6.45) is -4.65. The van der Waals surface area contributed by atoms with E-state index in [1.807, 2.05) is 6.07 Å². The van der Waals surface area contributed by atoms with Crippen LogP contribution in [0.2, 0.25) is 0 Å². The Balaban J connectivity index is 1.38. The molecule has 202 valence electrons. The third kappa shape index (κ3) is 5.65. The van der Waals surface area contributed by atoms with Crippen molar-refractivity contribution in [2.75, 3.05) is 10.6 Å². The lowest BCUT2D eigenvalue weighted by atomic mass is 9.97. The molecule has 1 heterocycles. The van der Waals surface area contributed by atoms with Gasteiger partial charge in [-0.1, -0.05) is 54.6 Å². The molecule has 4 aromatic carbocycles. The predicted octanol–water partition coefficient (Wildman–Crippen LogP) is 5.95. The van der Waals surface area contributed by atoms with Crippen molar-refractivity contribution in [3.63, 3.8) is 0 Å². The smallest absolute Gasteiger partial charge is 0.369 e. The van der Waals surface area contributed by atoms with Crippen molar-refractivity contribution >= 4 is 29.2 Å². The van der Waals surface area contributed by atoms with Crippen LogP contribution in [0.25, 0.3) is 22.3 Å². The zero-order valence-electron chi connectivity index (χ0n) is 20.9. The first-order valence-corrected chi connectivity index (χ1v) is 12.3. The number of urea groups is 1. The van der Waals surface area contributed by atoms with E-state index in [1.165, 1.54) is 6.07 Å². The summed E-state index contributed by atoms with van der Waals surface area (Å²) in [7, 11) is 0. The van der Waals surface area contributed by atoms with Crippen LogP contribution in [0.5, 0.6) is 0 Å². The average Bonchev–Trinajstić information content (AvgIpc) is 3.29. The van der Waals surface area contributed by atoms with Gasteiger partial charge in [-0.3, -0.25) is 9.59 Å². The fraction of sp³-hybridized carbons (Fsp3) is 0.100. The highest BCUT2D eigenvalue weighted by Gasteiger charge is 2.31. The van der Waals surface area contributed by atoms with E-state index in [-0.39, 0.29) is 18.0 Å². The number of primary amides is 1. The van der Waals surface area contributed by atoms with E-state index in [4.69, 9.17) is 5.73 Å². The van der Waals surface area contributed by atoms with Crippen LogP contribution in [-0.4, -0.2) is 17.8 Å². The van der Waals surface area contributed by atoms with Crippen LogP contribution in [0.1, 0.15) is 27.0 Å². The lowest BCUT2D eigenvalue weighted by Gasteiger charge is -2.16. The molecule has 4 amide bonds. The number of fused-ring (bicyclic) bond motifs is 1. The molecule has 40 heavy (non-hydrogen) atoms. The second kappa shape index (κ2) is 10.6. The molecule has 5 N–H and O–H groups in total. The Hall–Kier alpha value is -5.12. The number of amides is 4. The fourth-order valence-corrected chi connectivity index (χ4v) is 4.67. The molecule has 0 fully saturated rings. The molecule has 0 radical (unpaired) electrons. The summed E-state index contributed by atoms with van der Waals surface area (Å²) in [4.78, 5) is 36.2. The third-order valence-electron chi connectivity index (χ3n) is 6.51. The Kier molecular flexibility index (Phi) is 7.00. The number of carbonyl (C=O) groups excluding carboxylic acids is 3. The number of halogens is 3. The summed E-state index contributed by atoms with van der Waals surface area (Å²) < 4.78 is 40.4. The minimum absolute atomic E-state index is 0.0354. The molecule has 5 rings (SSSR count). The van der Waals surface area contributed by atoms with Crippen LogP contribution in [0.15, 0.2) is 84.9 Å². The Bertz CT molecular complexity index is 1630. The van der Waals surface area contributed by atoms with Crippen LogP contribution >= 0.6 is 0 Å². The van der Waals surface area contributed by atoms with Crippen molar-refractivity contribution in [3.05, 3.63) is 107 Å². The number of anilines is 2. The fourth-order valence-electron chi connectivity index (χ4n) is 4.67. The number of alkyl halides is 3. The number of nitrogens with two attached hydrogens (primary N) is 1. The Morgan fingerprint density at radius 2 is 1.55 bits per heavy atom. The molecule has 0 aromatic heterocycles. The minimum Gasteiger partial charge on any atom is -0.369 e. The number of benzene rings is 4. The van der Waals surface area contributed by atoms with Gasteiger partial charge in [0, 0.05) is 23.4 Å². The van der Waals surface area contributed by atoms with E-state index < -0.39 is 23.7 Å². The molecule has 0 aliphatic carbocycles. The first-order valence-electron chi connectivity index (χ1n) is 12.3. The quantitative estimate of drug-likeness (QED) is 0.240. The summed E-state index contributed by atoms with van der Waals surface area (Å²) >= 11 is 0. The van der Waals surface area contributed by atoms with Crippen molar-refractivity contribution in [3.8, 4) is 22.3 Å². The zero-order valence-corrected chi connectivity index (χ0v) is 20.9. The summed E-state index contributed by atoms with van der Waals surface area (Å²) in [6.45, 7) is 0.428. The largest absolute Gasteiger partial charge is 0.416 e. The van der Waals surface area contributed by atoms with Crippen LogP contribution < -0.4 is 21.7 Å². The van der Waals surface area contributed by atoms with E-state index in [0.29, 0.717) is 34.5 Å². The van der Waals surface area contributed by atoms with Crippen LogP contribution in [-0.2, 0) is 23.9 Å². The summed E-state index contributed by atoms with van der Waals surface area (Å²) in [6, 6.07) is 21.3. The first-order chi connectivity index (χ1) is 19.1. The van der Waals surface area contributed by atoms with Gasteiger partial charge in [0.1, 0.15) is 0 Å². The van der Waals surface area contributed by atoms with E-state index in [2.05, 4.69) is 16.0 Å². The molecule has 0 bridgehead atoms. The van der Waals surface area contributed by atoms with E-state index >= 15 is 0 Å². The molecule has 1 aliphatic rings. The molecule has 0 unspecified atom stereocenters. The average molecular weight is 545 g/mol. The Labute approximate surface area is 227 Å². The third-order valence-corrected chi connectivity index (χ3v) is 6.51. The highest BCUT2D eigenvalue weighted by Crippen LogP contribution is 2.36. The van der Waals surface area contributed by atoms with E-state index in [0.717, 1.165) is 28.8 Å². The van der Waals surface area contributed by atoms with Crippen molar-refractivity contribution in [2.45, 2.75) is 19.1 Å². The summed E-state index contributed by atoms with van der Waals surface area (Å²) in [5.74, 6) is -0.671. The van der Waals surface area contributed by atoms with Crippen LogP contribution in [0.3, 0.4) is 0 Å². The number of nitrogens with one attached hydrogen (secondary N) is 3. The lowest BCUT2D eigenvalue weighted by molar-refractivity contribution is -0.137. The van der Waals surface area contributed by atoms with Gasteiger partial charge in [0.05, 0.1) is 17.7 Å². The van der Waals surface area contributed by atoms with Crippen molar-refractivity contribution in [2.24, 2.45) is 5.73 Å². The minimum atomic E-state index is -4.62. The van der Waals surface area contributed by atoms with Gasteiger partial charge in [-0.15, -0.1) is 0 Å². The molecule has 1 aliphatic heterocycles. The maximum Gasteiger partial charge on any atom is 0.416 e. The second-order valence-corrected chi connectivity index (χ2v) is 9.27. The standard InChI is InChI=1S/C30H23F3N4O3/c31-30(32,33)20-9-12-23(19-4-1-3-17(13-19)14-27(34)38)26(15-20)37-29(40)36-21-10-7-18(8-11-21)22-5-2-6-24-25(22)16-35-28(24)39/h1-13,15H,14,16H2,(H2,34,38)(H,35,39)(H2,36,37,40). The molecule has 4 aromatic rings. The molecule has 7 nitrogen and oxygen atoms in total. The maximum atomic E-state index is 13.5. The molecule has 10 heteroatoms. The topological polar surface area (TPSA) is 113 Å².